The van der Waals surface area contributed by atoms with Crippen LogP contribution in [0.25, 0.3) is 0 Å². The van der Waals surface area contributed by atoms with Crippen molar-refractivity contribution in [3.8, 4) is 0 Å². The number of fused-ring (bicyclic) bond motifs is 1. The molecule has 1 unspecified atom stereocenters. The molecule has 0 amide bonds. The van der Waals surface area contributed by atoms with Crippen molar-refractivity contribution in [2.24, 2.45) is 0 Å². The molecular formula is C12H17N5O3S. The average molecular weight is 311 g/mol. The second-order valence-corrected chi connectivity index (χ2v) is 7.43. The van der Waals surface area contributed by atoms with Gasteiger partial charge in [-0.2, -0.15) is 20.4 Å². The Morgan fingerprint density at radius 1 is 1.38 bits per heavy atom. The van der Waals surface area contributed by atoms with Gasteiger partial charge in [-0.05, 0) is 25.7 Å². The standard InChI is InChI=1S/C12H17N5O3S/c1-2-6-21(18,19)7-10-13-12(20-16-10)8-4-3-5-9-11(8)15-17-14-9/h8H,2-7H2,1H3,(H,14,15,17). The predicted molar refractivity (Wildman–Crippen MR) is 73.2 cm³/mol. The van der Waals surface area contributed by atoms with Crippen LogP contribution in [0.15, 0.2) is 4.52 Å². The molecule has 8 nitrogen and oxygen atoms in total. The van der Waals surface area contributed by atoms with Crippen LogP contribution in [-0.4, -0.2) is 39.7 Å². The van der Waals surface area contributed by atoms with Crippen molar-refractivity contribution in [1.82, 2.24) is 25.6 Å². The van der Waals surface area contributed by atoms with Crippen LogP contribution in [0.1, 0.15) is 55.2 Å². The van der Waals surface area contributed by atoms with E-state index in [9.17, 15) is 8.42 Å². The van der Waals surface area contributed by atoms with Crippen LogP contribution in [0.5, 0.6) is 0 Å². The molecule has 0 saturated heterocycles. The normalized spacial score (nSPS) is 18.6. The number of aryl methyl sites for hydroxylation is 1. The van der Waals surface area contributed by atoms with Crippen molar-refractivity contribution in [2.45, 2.75) is 44.3 Å². The summed E-state index contributed by atoms with van der Waals surface area (Å²) < 4.78 is 28.8. The number of sulfone groups is 1. The summed E-state index contributed by atoms with van der Waals surface area (Å²) in [6, 6.07) is 0. The molecule has 0 bridgehead atoms. The van der Waals surface area contributed by atoms with Gasteiger partial charge in [0, 0.05) is 0 Å². The van der Waals surface area contributed by atoms with Crippen molar-refractivity contribution < 1.29 is 12.9 Å². The van der Waals surface area contributed by atoms with Gasteiger partial charge in [-0.1, -0.05) is 12.1 Å². The molecule has 0 aliphatic heterocycles. The van der Waals surface area contributed by atoms with Gasteiger partial charge >= 0.3 is 0 Å². The van der Waals surface area contributed by atoms with E-state index in [0.29, 0.717) is 12.3 Å². The minimum absolute atomic E-state index is 0.0948. The largest absolute Gasteiger partial charge is 0.339 e. The lowest BCUT2D eigenvalue weighted by Crippen LogP contribution is -2.12. The maximum Gasteiger partial charge on any atom is 0.235 e. The van der Waals surface area contributed by atoms with Gasteiger partial charge in [0.2, 0.25) is 5.89 Å². The highest BCUT2D eigenvalue weighted by molar-refractivity contribution is 7.90. The highest BCUT2D eigenvalue weighted by atomic mass is 32.2. The molecule has 0 saturated carbocycles. The highest BCUT2D eigenvalue weighted by Gasteiger charge is 2.30. The van der Waals surface area contributed by atoms with E-state index in [-0.39, 0.29) is 23.2 Å². The Morgan fingerprint density at radius 3 is 3.05 bits per heavy atom. The lowest BCUT2D eigenvalue weighted by Gasteiger charge is -2.15. The first-order valence-electron chi connectivity index (χ1n) is 7.01. The number of nitrogens with zero attached hydrogens (tertiary/aromatic N) is 4. The van der Waals surface area contributed by atoms with Crippen molar-refractivity contribution in [2.75, 3.05) is 5.75 Å². The molecule has 2 heterocycles. The molecule has 1 aliphatic carbocycles. The molecule has 0 fully saturated rings. The molecule has 0 radical (unpaired) electrons. The van der Waals surface area contributed by atoms with Gasteiger partial charge in [-0.3, -0.25) is 0 Å². The number of hydrogen-bond donors (Lipinski definition) is 1. The summed E-state index contributed by atoms with van der Waals surface area (Å²) in [6.45, 7) is 1.83. The van der Waals surface area contributed by atoms with Gasteiger partial charge in [0.15, 0.2) is 15.7 Å². The van der Waals surface area contributed by atoms with E-state index in [0.717, 1.165) is 30.7 Å². The maximum atomic E-state index is 11.8. The van der Waals surface area contributed by atoms with E-state index in [1.807, 2.05) is 6.92 Å². The molecule has 1 atom stereocenters. The SMILES string of the molecule is CCCS(=O)(=O)Cc1noc(C2CCCc3n[nH]nc32)n1. The Hall–Kier alpha value is -1.77. The van der Waals surface area contributed by atoms with Gasteiger partial charge in [0.1, 0.15) is 5.75 Å². The number of aromatic nitrogens is 5. The van der Waals surface area contributed by atoms with E-state index in [2.05, 4.69) is 25.6 Å². The number of aromatic amines is 1. The lowest BCUT2D eigenvalue weighted by molar-refractivity contribution is 0.349. The van der Waals surface area contributed by atoms with Gasteiger partial charge in [0.25, 0.3) is 0 Å². The second kappa shape index (κ2) is 5.55. The summed E-state index contributed by atoms with van der Waals surface area (Å²) in [5.74, 6) is 0.500. The zero-order valence-corrected chi connectivity index (χ0v) is 12.6. The summed E-state index contributed by atoms with van der Waals surface area (Å²) in [5.41, 5.74) is 1.75. The van der Waals surface area contributed by atoms with E-state index in [4.69, 9.17) is 4.52 Å². The van der Waals surface area contributed by atoms with Gasteiger partial charge < -0.3 is 4.52 Å². The third-order valence-electron chi connectivity index (χ3n) is 3.53. The van der Waals surface area contributed by atoms with Crippen LogP contribution in [0.3, 0.4) is 0 Å². The smallest absolute Gasteiger partial charge is 0.235 e. The summed E-state index contributed by atoms with van der Waals surface area (Å²) in [7, 11) is -3.17. The lowest BCUT2D eigenvalue weighted by atomic mass is 9.90. The van der Waals surface area contributed by atoms with Crippen LogP contribution >= 0.6 is 0 Å². The molecule has 2 aromatic rings. The highest BCUT2D eigenvalue weighted by Crippen LogP contribution is 2.33. The molecule has 0 spiro atoms. The molecule has 2 aromatic heterocycles. The van der Waals surface area contributed by atoms with E-state index < -0.39 is 9.84 Å². The fourth-order valence-electron chi connectivity index (χ4n) is 2.62. The van der Waals surface area contributed by atoms with Crippen LogP contribution < -0.4 is 0 Å². The summed E-state index contributed by atoms with van der Waals surface area (Å²) >= 11 is 0. The number of rotatable bonds is 5. The minimum Gasteiger partial charge on any atom is -0.339 e. The summed E-state index contributed by atoms with van der Waals surface area (Å²) in [5, 5.41) is 14.7. The molecule has 1 N–H and O–H groups in total. The maximum absolute atomic E-state index is 11.8. The first-order valence-corrected chi connectivity index (χ1v) is 8.83. The third-order valence-corrected chi connectivity index (χ3v) is 5.26. The number of H-pyrrole nitrogens is 1. The average Bonchev–Trinajstić information content (AvgIpc) is 3.05. The zero-order valence-electron chi connectivity index (χ0n) is 11.7. The number of hydrogen-bond acceptors (Lipinski definition) is 7. The zero-order chi connectivity index (χ0) is 14.9. The van der Waals surface area contributed by atoms with Crippen molar-refractivity contribution in [1.29, 1.82) is 0 Å². The fourth-order valence-corrected chi connectivity index (χ4v) is 3.90. The summed E-state index contributed by atoms with van der Waals surface area (Å²) in [4.78, 5) is 4.24. The number of nitrogens with one attached hydrogen (secondary N) is 1. The van der Waals surface area contributed by atoms with E-state index in [1.54, 1.807) is 0 Å². The molecule has 114 valence electrons. The van der Waals surface area contributed by atoms with Crippen LogP contribution in [-0.2, 0) is 22.0 Å². The quantitative estimate of drug-likeness (QED) is 0.875. The van der Waals surface area contributed by atoms with Crippen LogP contribution in [0.2, 0.25) is 0 Å². The third kappa shape index (κ3) is 2.97. The Morgan fingerprint density at radius 2 is 2.24 bits per heavy atom. The fraction of sp³-hybridized carbons (Fsp3) is 0.667. The van der Waals surface area contributed by atoms with E-state index in [1.165, 1.54) is 0 Å². The molecular weight excluding hydrogens is 294 g/mol. The van der Waals surface area contributed by atoms with Gasteiger partial charge in [-0.15, -0.1) is 0 Å². The van der Waals surface area contributed by atoms with E-state index >= 15 is 0 Å². The monoisotopic (exact) mass is 311 g/mol. The predicted octanol–water partition coefficient (Wildman–Crippen LogP) is 0.981. The van der Waals surface area contributed by atoms with Gasteiger partial charge in [0.05, 0.1) is 23.1 Å². The first-order chi connectivity index (χ1) is 10.1. The van der Waals surface area contributed by atoms with Gasteiger partial charge in [-0.25, -0.2) is 8.42 Å². The first kappa shape index (κ1) is 14.2. The Kier molecular flexibility index (Phi) is 3.75. The van der Waals surface area contributed by atoms with Crippen molar-refractivity contribution >= 4 is 9.84 Å². The Bertz CT molecular complexity index is 721. The van der Waals surface area contributed by atoms with Crippen molar-refractivity contribution in [3.63, 3.8) is 0 Å². The summed E-state index contributed by atoms with van der Waals surface area (Å²) in [6.07, 6.45) is 3.28. The molecule has 0 aromatic carbocycles. The van der Waals surface area contributed by atoms with Crippen LogP contribution in [0, 0.1) is 0 Å². The van der Waals surface area contributed by atoms with Crippen molar-refractivity contribution in [3.05, 3.63) is 23.1 Å². The topological polar surface area (TPSA) is 115 Å². The molecule has 9 heteroatoms. The Balaban J connectivity index is 1.81. The van der Waals surface area contributed by atoms with Crippen LogP contribution in [0.4, 0.5) is 0 Å². The molecule has 3 rings (SSSR count). The second-order valence-electron chi connectivity index (χ2n) is 5.24. The Labute approximate surface area is 122 Å². The minimum atomic E-state index is -3.17. The molecule has 1 aliphatic rings. The molecule has 21 heavy (non-hydrogen) atoms.